The van der Waals surface area contributed by atoms with E-state index in [0.29, 0.717) is 18.3 Å². The average molecular weight is 296 g/mol. The molecule has 1 spiro atoms. The summed E-state index contributed by atoms with van der Waals surface area (Å²) in [6.45, 7) is 2.79. The summed E-state index contributed by atoms with van der Waals surface area (Å²) in [5.41, 5.74) is 1.17. The fourth-order valence-corrected chi connectivity index (χ4v) is 5.10. The first-order valence-corrected chi connectivity index (χ1v) is 8.60. The van der Waals surface area contributed by atoms with Gasteiger partial charge in [-0.2, -0.15) is 0 Å². The Kier molecular flexibility index (Phi) is 3.45. The van der Waals surface area contributed by atoms with E-state index in [0.717, 1.165) is 12.8 Å². The van der Waals surface area contributed by atoms with E-state index in [1.54, 1.807) is 0 Å². The molecule has 1 aromatic carbocycles. The van der Waals surface area contributed by atoms with Crippen molar-refractivity contribution >= 4 is 5.78 Å². The molecule has 2 heteroatoms. The standard InChI is InChI=1S/C20H24O2/c1-14-19(21)16-10-11-20(14)17(12-16)8-5-9-18(20)22-13-15-6-3-2-4-7-15/h2-4,6-7,10-11,14,16-18H,5,8-9,12-13H2,1H3/t14?,16-,17+,18?,20+/m0/s1. The van der Waals surface area contributed by atoms with E-state index in [-0.39, 0.29) is 23.4 Å². The molecule has 5 atom stereocenters. The molecule has 116 valence electrons. The summed E-state index contributed by atoms with van der Waals surface area (Å²) in [4.78, 5) is 12.5. The number of Topliss-reactive ketones (excluding diaryl/α,β-unsaturated/α-hetero) is 1. The molecule has 0 saturated heterocycles. The molecule has 2 fully saturated rings. The second-order valence-electron chi connectivity index (χ2n) is 7.24. The fourth-order valence-electron chi connectivity index (χ4n) is 5.10. The lowest BCUT2D eigenvalue weighted by Gasteiger charge is -2.57. The highest BCUT2D eigenvalue weighted by molar-refractivity contribution is 5.88. The average Bonchev–Trinajstić information content (AvgIpc) is 2.57. The minimum atomic E-state index is -0.0428. The number of benzene rings is 1. The van der Waals surface area contributed by atoms with Crippen LogP contribution >= 0.6 is 0 Å². The van der Waals surface area contributed by atoms with E-state index in [1.165, 1.54) is 18.4 Å². The summed E-state index contributed by atoms with van der Waals surface area (Å²) in [7, 11) is 0. The second-order valence-corrected chi connectivity index (χ2v) is 7.24. The van der Waals surface area contributed by atoms with Gasteiger partial charge in [0.05, 0.1) is 12.7 Å². The van der Waals surface area contributed by atoms with Crippen LogP contribution < -0.4 is 0 Å². The molecule has 2 unspecified atom stereocenters. The van der Waals surface area contributed by atoms with Crippen molar-refractivity contribution in [2.45, 2.75) is 45.3 Å². The molecule has 2 nitrogen and oxygen atoms in total. The quantitative estimate of drug-likeness (QED) is 0.783. The van der Waals surface area contributed by atoms with Crippen molar-refractivity contribution in [1.29, 1.82) is 0 Å². The zero-order chi connectivity index (χ0) is 15.2. The molecule has 4 aliphatic carbocycles. The zero-order valence-electron chi connectivity index (χ0n) is 13.2. The highest BCUT2D eigenvalue weighted by Crippen LogP contribution is 2.58. The molecule has 0 N–H and O–H groups in total. The van der Waals surface area contributed by atoms with E-state index in [1.807, 2.05) is 6.07 Å². The molecule has 0 heterocycles. The Balaban J connectivity index is 1.60. The van der Waals surface area contributed by atoms with Gasteiger partial charge in [-0.25, -0.2) is 0 Å². The summed E-state index contributed by atoms with van der Waals surface area (Å²) in [6, 6.07) is 10.4. The van der Waals surface area contributed by atoms with Crippen molar-refractivity contribution in [3.63, 3.8) is 0 Å². The van der Waals surface area contributed by atoms with Gasteiger partial charge in [0.1, 0.15) is 5.78 Å². The Labute approximate surface area is 132 Å². The van der Waals surface area contributed by atoms with Gasteiger partial charge in [-0.3, -0.25) is 4.79 Å². The van der Waals surface area contributed by atoms with Gasteiger partial charge in [0.15, 0.2) is 0 Å². The first-order chi connectivity index (χ1) is 10.7. The van der Waals surface area contributed by atoms with Gasteiger partial charge in [-0.1, -0.05) is 55.8 Å². The van der Waals surface area contributed by atoms with E-state index in [2.05, 4.69) is 43.3 Å². The van der Waals surface area contributed by atoms with Crippen molar-refractivity contribution < 1.29 is 9.53 Å². The Morgan fingerprint density at radius 2 is 2.05 bits per heavy atom. The number of carbonyl (C=O) groups excluding carboxylic acids is 1. The number of carbonyl (C=O) groups is 1. The molecule has 4 aliphatic rings. The summed E-state index contributed by atoms with van der Waals surface area (Å²) in [6.07, 6.45) is 9.32. The van der Waals surface area contributed by atoms with Crippen LogP contribution in [-0.2, 0) is 16.1 Å². The Bertz CT molecular complexity index is 591. The Hall–Kier alpha value is -1.41. The Morgan fingerprint density at radius 1 is 1.23 bits per heavy atom. The minimum absolute atomic E-state index is 0.0428. The van der Waals surface area contributed by atoms with Crippen LogP contribution in [0.25, 0.3) is 0 Å². The summed E-state index contributed by atoms with van der Waals surface area (Å²) in [5.74, 6) is 1.36. The number of ketones is 1. The van der Waals surface area contributed by atoms with E-state index in [4.69, 9.17) is 4.74 Å². The molecule has 2 bridgehead atoms. The molecule has 1 aromatic rings. The normalized spacial score (nSPS) is 39.8. The SMILES string of the molecule is CC1C(=O)[C@H]2C=C[C@@]13C(OCc1ccccc1)CCC[C@@H]3C2. The van der Waals surface area contributed by atoms with E-state index >= 15 is 0 Å². The molecule has 0 radical (unpaired) electrons. The van der Waals surface area contributed by atoms with Crippen LogP contribution in [0.2, 0.25) is 0 Å². The Morgan fingerprint density at radius 3 is 2.86 bits per heavy atom. The maximum atomic E-state index is 12.5. The number of hydrogen-bond acceptors (Lipinski definition) is 2. The largest absolute Gasteiger partial charge is 0.373 e. The van der Waals surface area contributed by atoms with Crippen molar-refractivity contribution in [2.75, 3.05) is 0 Å². The summed E-state index contributed by atoms with van der Waals surface area (Å²) in [5, 5.41) is 0. The van der Waals surface area contributed by atoms with Crippen LogP contribution in [-0.4, -0.2) is 11.9 Å². The maximum absolute atomic E-state index is 12.5. The van der Waals surface area contributed by atoms with Crippen molar-refractivity contribution in [3.8, 4) is 0 Å². The maximum Gasteiger partial charge on any atom is 0.143 e. The van der Waals surface area contributed by atoms with Crippen LogP contribution in [0.15, 0.2) is 42.5 Å². The van der Waals surface area contributed by atoms with Gasteiger partial charge >= 0.3 is 0 Å². The predicted molar refractivity (Wildman–Crippen MR) is 86.2 cm³/mol. The molecule has 5 rings (SSSR count). The van der Waals surface area contributed by atoms with Crippen molar-refractivity contribution in [2.24, 2.45) is 23.2 Å². The number of allylic oxidation sites excluding steroid dienone is 1. The van der Waals surface area contributed by atoms with Gasteiger partial charge < -0.3 is 4.74 Å². The van der Waals surface area contributed by atoms with Gasteiger partial charge in [-0.05, 0) is 30.7 Å². The van der Waals surface area contributed by atoms with Gasteiger partial charge in [0.25, 0.3) is 0 Å². The molecule has 0 amide bonds. The highest BCUT2D eigenvalue weighted by Gasteiger charge is 2.58. The molecule has 2 saturated carbocycles. The van der Waals surface area contributed by atoms with Crippen LogP contribution in [0.3, 0.4) is 0 Å². The van der Waals surface area contributed by atoms with Crippen LogP contribution in [0.1, 0.15) is 38.2 Å². The third-order valence-electron chi connectivity index (χ3n) is 6.28. The lowest BCUT2D eigenvalue weighted by atomic mass is 9.48. The first-order valence-electron chi connectivity index (χ1n) is 8.60. The van der Waals surface area contributed by atoms with Crippen LogP contribution in [0.5, 0.6) is 0 Å². The van der Waals surface area contributed by atoms with Gasteiger partial charge in [0, 0.05) is 17.3 Å². The van der Waals surface area contributed by atoms with Crippen LogP contribution in [0.4, 0.5) is 0 Å². The molecule has 0 aliphatic heterocycles. The third-order valence-corrected chi connectivity index (χ3v) is 6.28. The van der Waals surface area contributed by atoms with Crippen LogP contribution in [0, 0.1) is 23.2 Å². The van der Waals surface area contributed by atoms with Crippen molar-refractivity contribution in [1.82, 2.24) is 0 Å². The lowest BCUT2D eigenvalue weighted by Crippen LogP contribution is -2.58. The first kappa shape index (κ1) is 14.2. The predicted octanol–water partition coefficient (Wildman–Crippen LogP) is 4.15. The van der Waals surface area contributed by atoms with E-state index in [9.17, 15) is 4.79 Å². The number of rotatable bonds is 3. The lowest BCUT2D eigenvalue weighted by molar-refractivity contribution is -0.158. The molecular formula is C20H24O2. The van der Waals surface area contributed by atoms with E-state index < -0.39 is 0 Å². The third kappa shape index (κ3) is 2.00. The topological polar surface area (TPSA) is 26.3 Å². The number of ether oxygens (including phenoxy) is 1. The minimum Gasteiger partial charge on any atom is -0.373 e. The summed E-state index contributed by atoms with van der Waals surface area (Å²) < 4.78 is 6.37. The second kappa shape index (κ2) is 5.34. The van der Waals surface area contributed by atoms with Gasteiger partial charge in [-0.15, -0.1) is 0 Å². The molecule has 22 heavy (non-hydrogen) atoms. The monoisotopic (exact) mass is 296 g/mol. The zero-order valence-corrected chi connectivity index (χ0v) is 13.2. The molecule has 0 aromatic heterocycles. The highest BCUT2D eigenvalue weighted by atomic mass is 16.5. The fraction of sp³-hybridized carbons (Fsp3) is 0.550. The molecular weight excluding hydrogens is 272 g/mol. The number of hydrogen-bond donors (Lipinski definition) is 0. The summed E-state index contributed by atoms with van der Waals surface area (Å²) >= 11 is 0. The van der Waals surface area contributed by atoms with Gasteiger partial charge in [0.2, 0.25) is 0 Å². The smallest absolute Gasteiger partial charge is 0.143 e. The number of fused-ring (bicyclic) bond motifs is 1. The van der Waals surface area contributed by atoms with Crippen molar-refractivity contribution in [3.05, 3.63) is 48.0 Å².